The summed E-state index contributed by atoms with van der Waals surface area (Å²) < 4.78 is 4.98. The minimum Gasteiger partial charge on any atom is -0.467 e. The number of furan rings is 1. The summed E-state index contributed by atoms with van der Waals surface area (Å²) in [5, 5.41) is 29.8. The number of rotatable bonds is 6. The standard InChI is InChI=1S/C9H15NO4/c11-5-7(6-12)10-4-8(13)9-2-1-3-14-9/h1-3,7-8,10-13H,4-6H2. The van der Waals surface area contributed by atoms with Gasteiger partial charge in [0.05, 0.1) is 25.5 Å². The molecule has 1 unspecified atom stereocenters. The van der Waals surface area contributed by atoms with Gasteiger partial charge in [0.2, 0.25) is 0 Å². The fourth-order valence-electron chi connectivity index (χ4n) is 1.05. The number of aliphatic hydroxyl groups is 3. The fourth-order valence-corrected chi connectivity index (χ4v) is 1.05. The minimum absolute atomic E-state index is 0.165. The molecule has 0 fully saturated rings. The van der Waals surface area contributed by atoms with E-state index in [4.69, 9.17) is 14.6 Å². The Kier molecular flexibility index (Phi) is 4.61. The first-order chi connectivity index (χ1) is 6.77. The number of hydrogen-bond acceptors (Lipinski definition) is 5. The number of hydrogen-bond donors (Lipinski definition) is 4. The van der Waals surface area contributed by atoms with Gasteiger partial charge in [-0.1, -0.05) is 0 Å². The van der Waals surface area contributed by atoms with Crippen LogP contribution in [0.2, 0.25) is 0 Å². The zero-order chi connectivity index (χ0) is 10.4. The first-order valence-corrected chi connectivity index (χ1v) is 4.44. The normalized spacial score (nSPS) is 13.4. The third-order valence-electron chi connectivity index (χ3n) is 1.91. The van der Waals surface area contributed by atoms with Crippen LogP contribution in [0.5, 0.6) is 0 Å². The van der Waals surface area contributed by atoms with E-state index >= 15 is 0 Å². The van der Waals surface area contributed by atoms with Crippen molar-refractivity contribution in [2.45, 2.75) is 12.1 Å². The van der Waals surface area contributed by atoms with E-state index in [0.717, 1.165) is 0 Å². The highest BCUT2D eigenvalue weighted by molar-refractivity contribution is 5.02. The van der Waals surface area contributed by atoms with Gasteiger partial charge in [-0.15, -0.1) is 0 Å². The van der Waals surface area contributed by atoms with Crippen molar-refractivity contribution in [3.05, 3.63) is 24.2 Å². The largest absolute Gasteiger partial charge is 0.467 e. The molecule has 0 amide bonds. The average Bonchev–Trinajstić information content (AvgIpc) is 2.72. The van der Waals surface area contributed by atoms with Gasteiger partial charge in [-0.2, -0.15) is 0 Å². The lowest BCUT2D eigenvalue weighted by Gasteiger charge is -2.15. The summed E-state index contributed by atoms with van der Waals surface area (Å²) >= 11 is 0. The van der Waals surface area contributed by atoms with Crippen molar-refractivity contribution in [2.75, 3.05) is 19.8 Å². The number of nitrogens with one attached hydrogen (secondary N) is 1. The Morgan fingerprint density at radius 1 is 1.36 bits per heavy atom. The van der Waals surface area contributed by atoms with Crippen LogP contribution in [0.3, 0.4) is 0 Å². The van der Waals surface area contributed by atoms with Crippen molar-refractivity contribution < 1.29 is 19.7 Å². The highest BCUT2D eigenvalue weighted by Crippen LogP contribution is 2.11. The van der Waals surface area contributed by atoms with E-state index in [1.807, 2.05) is 0 Å². The molecule has 0 aliphatic rings. The van der Waals surface area contributed by atoms with Crippen LogP contribution in [0, 0.1) is 0 Å². The molecule has 0 aliphatic carbocycles. The second-order valence-electron chi connectivity index (χ2n) is 3.00. The van der Waals surface area contributed by atoms with Crippen molar-refractivity contribution in [3.8, 4) is 0 Å². The second kappa shape index (κ2) is 5.77. The molecule has 0 aliphatic heterocycles. The van der Waals surface area contributed by atoms with E-state index < -0.39 is 12.1 Å². The zero-order valence-electron chi connectivity index (χ0n) is 7.76. The summed E-state index contributed by atoms with van der Waals surface area (Å²) in [6.07, 6.45) is 0.722. The molecule has 14 heavy (non-hydrogen) atoms. The van der Waals surface area contributed by atoms with Crippen LogP contribution in [-0.2, 0) is 0 Å². The van der Waals surface area contributed by atoms with E-state index in [9.17, 15) is 5.11 Å². The Bertz CT molecular complexity index is 233. The molecule has 1 aromatic rings. The van der Waals surface area contributed by atoms with Gasteiger partial charge in [0.25, 0.3) is 0 Å². The molecule has 0 radical (unpaired) electrons. The molecule has 80 valence electrons. The van der Waals surface area contributed by atoms with E-state index in [-0.39, 0.29) is 19.8 Å². The van der Waals surface area contributed by atoms with E-state index in [2.05, 4.69) is 5.32 Å². The van der Waals surface area contributed by atoms with Crippen molar-refractivity contribution in [3.63, 3.8) is 0 Å². The molecule has 0 saturated carbocycles. The molecule has 5 heteroatoms. The summed E-state index contributed by atoms with van der Waals surface area (Å²) in [7, 11) is 0. The second-order valence-corrected chi connectivity index (χ2v) is 3.00. The molecule has 1 rings (SSSR count). The van der Waals surface area contributed by atoms with Crippen molar-refractivity contribution in [1.29, 1.82) is 0 Å². The van der Waals surface area contributed by atoms with Crippen molar-refractivity contribution in [2.24, 2.45) is 0 Å². The first kappa shape index (κ1) is 11.2. The summed E-state index contributed by atoms with van der Waals surface area (Å²) in [5.74, 6) is 0.465. The first-order valence-electron chi connectivity index (χ1n) is 4.44. The summed E-state index contributed by atoms with van der Waals surface area (Å²) in [6, 6.07) is 2.95. The Balaban J connectivity index is 2.31. The maximum Gasteiger partial charge on any atom is 0.133 e. The maximum atomic E-state index is 9.53. The van der Waals surface area contributed by atoms with Gasteiger partial charge < -0.3 is 25.1 Å². The highest BCUT2D eigenvalue weighted by atomic mass is 16.4. The van der Waals surface area contributed by atoms with Crippen LogP contribution in [-0.4, -0.2) is 41.1 Å². The highest BCUT2D eigenvalue weighted by Gasteiger charge is 2.12. The lowest BCUT2D eigenvalue weighted by Crippen LogP contribution is -2.38. The average molecular weight is 201 g/mol. The molecule has 5 nitrogen and oxygen atoms in total. The van der Waals surface area contributed by atoms with Gasteiger partial charge in [0.1, 0.15) is 11.9 Å². The van der Waals surface area contributed by atoms with Crippen molar-refractivity contribution >= 4 is 0 Å². The summed E-state index contributed by atoms with van der Waals surface area (Å²) in [5.41, 5.74) is 0. The predicted molar refractivity (Wildman–Crippen MR) is 49.6 cm³/mol. The SMILES string of the molecule is OCC(CO)NCC(O)c1ccco1. The van der Waals surface area contributed by atoms with E-state index in [1.165, 1.54) is 6.26 Å². The van der Waals surface area contributed by atoms with E-state index in [0.29, 0.717) is 5.76 Å². The lowest BCUT2D eigenvalue weighted by molar-refractivity contribution is 0.121. The van der Waals surface area contributed by atoms with Gasteiger partial charge in [0, 0.05) is 6.54 Å². The zero-order valence-corrected chi connectivity index (χ0v) is 7.76. The molecule has 0 spiro atoms. The third-order valence-corrected chi connectivity index (χ3v) is 1.91. The van der Waals surface area contributed by atoms with Crippen LogP contribution in [0.15, 0.2) is 22.8 Å². The Morgan fingerprint density at radius 3 is 2.57 bits per heavy atom. The lowest BCUT2D eigenvalue weighted by atomic mass is 10.2. The minimum atomic E-state index is -0.759. The monoisotopic (exact) mass is 201 g/mol. The Hall–Kier alpha value is -0.880. The van der Waals surface area contributed by atoms with Gasteiger partial charge >= 0.3 is 0 Å². The third kappa shape index (κ3) is 3.12. The van der Waals surface area contributed by atoms with E-state index in [1.54, 1.807) is 12.1 Å². The van der Waals surface area contributed by atoms with Crippen LogP contribution in [0.4, 0.5) is 0 Å². The van der Waals surface area contributed by atoms with Crippen LogP contribution >= 0.6 is 0 Å². The molecular formula is C9H15NO4. The number of aliphatic hydroxyl groups excluding tert-OH is 3. The fraction of sp³-hybridized carbons (Fsp3) is 0.556. The topological polar surface area (TPSA) is 85.9 Å². The maximum absolute atomic E-state index is 9.53. The van der Waals surface area contributed by atoms with Gasteiger partial charge in [0.15, 0.2) is 0 Å². The Labute approximate surface area is 82.0 Å². The molecule has 0 aromatic carbocycles. The van der Waals surface area contributed by atoms with Gasteiger partial charge in [-0.25, -0.2) is 0 Å². The van der Waals surface area contributed by atoms with Gasteiger partial charge in [-0.3, -0.25) is 0 Å². The summed E-state index contributed by atoms with van der Waals surface area (Å²) in [6.45, 7) is -0.0952. The van der Waals surface area contributed by atoms with Crippen LogP contribution < -0.4 is 5.32 Å². The predicted octanol–water partition coefficient (Wildman–Crippen LogP) is -0.744. The van der Waals surface area contributed by atoms with Crippen molar-refractivity contribution in [1.82, 2.24) is 5.32 Å². The van der Waals surface area contributed by atoms with Crippen LogP contribution in [0.25, 0.3) is 0 Å². The smallest absolute Gasteiger partial charge is 0.133 e. The van der Waals surface area contributed by atoms with Gasteiger partial charge in [-0.05, 0) is 12.1 Å². The molecule has 0 saturated heterocycles. The molecule has 4 N–H and O–H groups in total. The quantitative estimate of drug-likeness (QED) is 0.487. The Morgan fingerprint density at radius 2 is 2.07 bits per heavy atom. The molecule has 1 atom stereocenters. The molecule has 0 bridgehead atoms. The van der Waals surface area contributed by atoms with Crippen LogP contribution in [0.1, 0.15) is 11.9 Å². The molecular weight excluding hydrogens is 186 g/mol. The molecule has 1 heterocycles. The molecule has 1 aromatic heterocycles. The summed E-state index contributed by atoms with van der Waals surface area (Å²) in [4.78, 5) is 0.